The van der Waals surface area contributed by atoms with Crippen molar-refractivity contribution in [1.82, 2.24) is 0 Å². The maximum atomic E-state index is 12.3. The molecule has 2 aliphatic rings. The molecule has 0 saturated carbocycles. The van der Waals surface area contributed by atoms with Gasteiger partial charge in [-0.05, 0) is 36.2 Å². The lowest BCUT2D eigenvalue weighted by Gasteiger charge is -2.37. The molecule has 3 nitrogen and oxygen atoms in total. The first-order chi connectivity index (χ1) is 10.8. The monoisotopic (exact) mass is 311 g/mol. The van der Waals surface area contributed by atoms with E-state index in [4.69, 9.17) is 4.74 Å². The van der Waals surface area contributed by atoms with Gasteiger partial charge in [0.1, 0.15) is 5.75 Å². The summed E-state index contributed by atoms with van der Waals surface area (Å²) in [7, 11) is 1.68. The second-order valence-corrected chi connectivity index (χ2v) is 6.83. The van der Waals surface area contributed by atoms with Crippen LogP contribution < -0.4 is 9.64 Å². The maximum absolute atomic E-state index is 12.3. The normalized spacial score (nSPS) is 23.1. The number of benzene rings is 2. The average molecular weight is 311 g/mol. The fourth-order valence-electron chi connectivity index (χ4n) is 3.36. The molecular formula is C18H17NO2S. The van der Waals surface area contributed by atoms with Gasteiger partial charge in [0.05, 0.1) is 24.1 Å². The number of hydrogen-bond acceptors (Lipinski definition) is 3. The van der Waals surface area contributed by atoms with E-state index in [1.54, 1.807) is 7.11 Å². The lowest BCUT2D eigenvalue weighted by Crippen LogP contribution is -2.39. The van der Waals surface area contributed by atoms with Crippen LogP contribution in [0.2, 0.25) is 0 Å². The van der Waals surface area contributed by atoms with Crippen molar-refractivity contribution in [3.63, 3.8) is 0 Å². The summed E-state index contributed by atoms with van der Waals surface area (Å²) in [5.41, 5.74) is 2.33. The Bertz CT molecular complexity index is 713. The van der Waals surface area contributed by atoms with Gasteiger partial charge in [-0.3, -0.25) is 4.79 Å². The molecule has 2 aliphatic heterocycles. The van der Waals surface area contributed by atoms with E-state index in [9.17, 15) is 4.79 Å². The maximum Gasteiger partial charge on any atom is 0.227 e. The first kappa shape index (κ1) is 13.7. The molecule has 1 fully saturated rings. The van der Waals surface area contributed by atoms with E-state index in [1.807, 2.05) is 40.9 Å². The van der Waals surface area contributed by atoms with Crippen LogP contribution in [0.15, 0.2) is 53.4 Å². The summed E-state index contributed by atoms with van der Waals surface area (Å²) in [5, 5.41) is 0.284. The first-order valence-electron chi connectivity index (χ1n) is 7.49. The number of para-hydroxylation sites is 1. The number of ether oxygens (including phenoxy) is 1. The van der Waals surface area contributed by atoms with Gasteiger partial charge in [-0.2, -0.15) is 0 Å². The minimum atomic E-state index is 0.247. The molecule has 112 valence electrons. The number of amides is 1. The number of anilines is 1. The van der Waals surface area contributed by atoms with Crippen molar-refractivity contribution < 1.29 is 9.53 Å². The van der Waals surface area contributed by atoms with Crippen LogP contribution in [0.4, 0.5) is 5.69 Å². The quantitative estimate of drug-likeness (QED) is 0.838. The predicted octanol–water partition coefficient (Wildman–Crippen LogP) is 4.04. The number of carbonyl (C=O) groups excluding carboxylic acids is 1. The highest BCUT2D eigenvalue weighted by molar-refractivity contribution is 7.99. The van der Waals surface area contributed by atoms with Gasteiger partial charge in [0, 0.05) is 11.3 Å². The van der Waals surface area contributed by atoms with Gasteiger partial charge in [0.25, 0.3) is 0 Å². The van der Waals surface area contributed by atoms with Gasteiger partial charge in [-0.1, -0.05) is 24.3 Å². The molecule has 4 heteroatoms. The Morgan fingerprint density at radius 3 is 2.68 bits per heavy atom. The number of rotatable bonds is 2. The minimum Gasteiger partial charge on any atom is -0.497 e. The Kier molecular flexibility index (Phi) is 3.34. The zero-order valence-electron chi connectivity index (χ0n) is 12.4. The van der Waals surface area contributed by atoms with Crippen LogP contribution in [-0.2, 0) is 4.79 Å². The number of thioether (sulfide) groups is 1. The molecule has 4 rings (SSSR count). The highest BCUT2D eigenvalue weighted by atomic mass is 32.2. The summed E-state index contributed by atoms with van der Waals surface area (Å²) in [6.07, 6.45) is 1.57. The van der Waals surface area contributed by atoms with Crippen LogP contribution >= 0.6 is 11.8 Å². The zero-order chi connectivity index (χ0) is 15.1. The van der Waals surface area contributed by atoms with Crippen LogP contribution in [0.1, 0.15) is 23.7 Å². The van der Waals surface area contributed by atoms with E-state index in [1.165, 1.54) is 10.5 Å². The molecule has 2 aromatic carbocycles. The second kappa shape index (κ2) is 5.36. The number of fused-ring (bicyclic) bond motifs is 3. The first-order valence-corrected chi connectivity index (χ1v) is 8.37. The minimum absolute atomic E-state index is 0.247. The highest BCUT2D eigenvalue weighted by Crippen LogP contribution is 2.52. The summed E-state index contributed by atoms with van der Waals surface area (Å²) in [6.45, 7) is 0. The molecule has 0 radical (unpaired) electrons. The van der Waals surface area contributed by atoms with Crippen LogP contribution in [0, 0.1) is 0 Å². The van der Waals surface area contributed by atoms with Gasteiger partial charge in [-0.25, -0.2) is 0 Å². The smallest absolute Gasteiger partial charge is 0.227 e. The Hall–Kier alpha value is -1.94. The summed E-state index contributed by atoms with van der Waals surface area (Å²) in [6, 6.07) is 16.7. The third-order valence-corrected chi connectivity index (χ3v) is 5.87. The van der Waals surface area contributed by atoms with E-state index >= 15 is 0 Å². The van der Waals surface area contributed by atoms with E-state index in [2.05, 4.69) is 24.3 Å². The zero-order valence-corrected chi connectivity index (χ0v) is 13.2. The molecule has 22 heavy (non-hydrogen) atoms. The van der Waals surface area contributed by atoms with Crippen molar-refractivity contribution >= 4 is 23.4 Å². The molecule has 1 amide bonds. The molecular weight excluding hydrogens is 294 g/mol. The molecule has 2 aromatic rings. The van der Waals surface area contributed by atoms with Crippen LogP contribution in [0.3, 0.4) is 0 Å². The standard InChI is InChI=1S/C18H17NO2S/c1-21-13-8-6-12(7-9-13)18-15-10-11-17(20)19(15)14-4-2-3-5-16(14)22-18/h2-9,15,18H,10-11H2,1H3/t15-,18-/m1/s1. The largest absolute Gasteiger partial charge is 0.497 e. The van der Waals surface area contributed by atoms with Crippen molar-refractivity contribution in [2.45, 2.75) is 29.0 Å². The van der Waals surface area contributed by atoms with Gasteiger partial charge in [0.2, 0.25) is 5.91 Å². The molecule has 0 spiro atoms. The SMILES string of the molecule is COc1ccc([C@H]2Sc3ccccc3N3C(=O)CC[C@H]23)cc1. The van der Waals surface area contributed by atoms with Gasteiger partial charge >= 0.3 is 0 Å². The third kappa shape index (κ3) is 2.10. The van der Waals surface area contributed by atoms with Crippen LogP contribution in [0.25, 0.3) is 0 Å². The molecule has 2 heterocycles. The molecule has 0 aliphatic carbocycles. The molecule has 1 saturated heterocycles. The Morgan fingerprint density at radius 2 is 1.91 bits per heavy atom. The van der Waals surface area contributed by atoms with Crippen molar-refractivity contribution in [3.8, 4) is 5.75 Å². The Balaban J connectivity index is 1.76. The summed E-state index contributed by atoms with van der Waals surface area (Å²) in [5.74, 6) is 1.11. The lowest BCUT2D eigenvalue weighted by molar-refractivity contribution is -0.117. The van der Waals surface area contributed by atoms with Gasteiger partial charge in [-0.15, -0.1) is 11.8 Å². The topological polar surface area (TPSA) is 29.5 Å². The highest BCUT2D eigenvalue weighted by Gasteiger charge is 2.42. The molecule has 2 atom stereocenters. The fourth-order valence-corrected chi connectivity index (χ4v) is 4.79. The predicted molar refractivity (Wildman–Crippen MR) is 88.5 cm³/mol. The van der Waals surface area contributed by atoms with Gasteiger partial charge in [0.15, 0.2) is 0 Å². The fraction of sp³-hybridized carbons (Fsp3) is 0.278. The summed E-state index contributed by atoms with van der Waals surface area (Å²) < 4.78 is 5.25. The number of methoxy groups -OCH3 is 1. The Labute approximate surface area is 134 Å². The van der Waals surface area contributed by atoms with E-state index in [0.717, 1.165) is 17.9 Å². The summed E-state index contributed by atoms with van der Waals surface area (Å²) in [4.78, 5) is 15.5. The lowest BCUT2D eigenvalue weighted by atomic mass is 10.0. The average Bonchev–Trinajstić information content (AvgIpc) is 2.97. The van der Waals surface area contributed by atoms with Crippen molar-refractivity contribution in [2.24, 2.45) is 0 Å². The molecule has 0 unspecified atom stereocenters. The van der Waals surface area contributed by atoms with Crippen molar-refractivity contribution in [2.75, 3.05) is 12.0 Å². The number of hydrogen-bond donors (Lipinski definition) is 0. The molecule has 0 aromatic heterocycles. The van der Waals surface area contributed by atoms with Crippen LogP contribution in [0.5, 0.6) is 5.75 Å². The molecule has 0 bridgehead atoms. The van der Waals surface area contributed by atoms with Crippen LogP contribution in [-0.4, -0.2) is 19.1 Å². The van der Waals surface area contributed by atoms with Gasteiger partial charge < -0.3 is 9.64 Å². The Morgan fingerprint density at radius 1 is 1.14 bits per heavy atom. The second-order valence-electron chi connectivity index (χ2n) is 5.65. The number of carbonyl (C=O) groups is 1. The molecule has 0 N–H and O–H groups in total. The van der Waals surface area contributed by atoms with Crippen molar-refractivity contribution in [3.05, 3.63) is 54.1 Å². The van der Waals surface area contributed by atoms with E-state index in [0.29, 0.717) is 6.42 Å². The van der Waals surface area contributed by atoms with E-state index < -0.39 is 0 Å². The number of nitrogens with zero attached hydrogens (tertiary/aromatic N) is 1. The summed E-state index contributed by atoms with van der Waals surface area (Å²) >= 11 is 1.87. The van der Waals surface area contributed by atoms with Crippen molar-refractivity contribution in [1.29, 1.82) is 0 Å². The van der Waals surface area contributed by atoms with E-state index in [-0.39, 0.29) is 17.2 Å². The third-order valence-electron chi connectivity index (χ3n) is 4.43.